The molecule has 0 aromatic carbocycles. The first-order valence-electron chi connectivity index (χ1n) is 6.23. The first-order chi connectivity index (χ1) is 7.40. The monoisotopic (exact) mass is 228 g/mol. The molecule has 0 aromatic heterocycles. The van der Waals surface area contributed by atoms with E-state index in [-0.39, 0.29) is 18.2 Å². The van der Waals surface area contributed by atoms with E-state index < -0.39 is 0 Å². The van der Waals surface area contributed by atoms with Crippen molar-refractivity contribution in [3.8, 4) is 0 Å². The molecule has 0 aliphatic heterocycles. The van der Waals surface area contributed by atoms with Crippen LogP contribution in [0, 0.1) is 11.8 Å². The molecular weight excluding hydrogens is 204 g/mol. The average molecular weight is 228 g/mol. The highest BCUT2D eigenvalue weighted by Crippen LogP contribution is 2.31. The SMILES string of the molecule is CC(C)(C)OC(=O)CC1CCCC(CO)C1. The lowest BCUT2D eigenvalue weighted by Crippen LogP contribution is -2.27. The van der Waals surface area contributed by atoms with Crippen LogP contribution in [0.1, 0.15) is 52.9 Å². The summed E-state index contributed by atoms with van der Waals surface area (Å²) in [4.78, 5) is 11.6. The maximum absolute atomic E-state index is 11.6. The summed E-state index contributed by atoms with van der Waals surface area (Å²) in [7, 11) is 0. The number of aliphatic hydroxyl groups excluding tert-OH is 1. The molecule has 0 radical (unpaired) electrons. The normalized spacial score (nSPS) is 26.5. The van der Waals surface area contributed by atoms with E-state index >= 15 is 0 Å². The molecule has 1 rings (SSSR count). The number of ether oxygens (including phenoxy) is 1. The van der Waals surface area contributed by atoms with Gasteiger partial charge in [-0.05, 0) is 51.9 Å². The molecule has 1 saturated carbocycles. The molecule has 0 heterocycles. The fourth-order valence-electron chi connectivity index (χ4n) is 2.37. The smallest absolute Gasteiger partial charge is 0.306 e. The number of hydrogen-bond donors (Lipinski definition) is 1. The molecule has 1 aliphatic rings. The van der Waals surface area contributed by atoms with Gasteiger partial charge < -0.3 is 9.84 Å². The van der Waals surface area contributed by atoms with Crippen molar-refractivity contribution in [3.63, 3.8) is 0 Å². The number of esters is 1. The summed E-state index contributed by atoms with van der Waals surface area (Å²) in [5.41, 5.74) is -0.387. The third kappa shape index (κ3) is 4.97. The van der Waals surface area contributed by atoms with E-state index in [2.05, 4.69) is 0 Å². The summed E-state index contributed by atoms with van der Waals surface area (Å²) in [6, 6.07) is 0. The van der Waals surface area contributed by atoms with Crippen molar-refractivity contribution in [2.45, 2.75) is 58.5 Å². The molecule has 3 nitrogen and oxygen atoms in total. The second-order valence-corrected chi connectivity index (χ2v) is 5.87. The maximum atomic E-state index is 11.6. The standard InChI is InChI=1S/C13H24O3/c1-13(2,3)16-12(15)8-10-5-4-6-11(7-10)9-14/h10-11,14H,4-9H2,1-3H3. The van der Waals surface area contributed by atoms with Gasteiger partial charge in [0.2, 0.25) is 0 Å². The van der Waals surface area contributed by atoms with Crippen molar-refractivity contribution in [2.75, 3.05) is 6.61 Å². The van der Waals surface area contributed by atoms with Crippen LogP contribution >= 0.6 is 0 Å². The molecule has 3 heteroatoms. The molecule has 0 saturated heterocycles. The van der Waals surface area contributed by atoms with E-state index in [0.717, 1.165) is 25.7 Å². The van der Waals surface area contributed by atoms with Crippen LogP contribution in [0.15, 0.2) is 0 Å². The molecule has 0 spiro atoms. The van der Waals surface area contributed by atoms with Gasteiger partial charge in [-0.3, -0.25) is 4.79 Å². The van der Waals surface area contributed by atoms with Gasteiger partial charge in [-0.15, -0.1) is 0 Å². The number of carbonyl (C=O) groups excluding carboxylic acids is 1. The lowest BCUT2D eigenvalue weighted by Gasteiger charge is -2.28. The predicted molar refractivity (Wildman–Crippen MR) is 63.0 cm³/mol. The molecule has 0 amide bonds. The van der Waals surface area contributed by atoms with E-state index in [1.54, 1.807) is 0 Å². The van der Waals surface area contributed by atoms with E-state index in [9.17, 15) is 4.79 Å². The Balaban J connectivity index is 2.33. The molecule has 0 aromatic rings. The van der Waals surface area contributed by atoms with Gasteiger partial charge in [-0.2, -0.15) is 0 Å². The van der Waals surface area contributed by atoms with E-state index in [1.165, 1.54) is 0 Å². The second-order valence-electron chi connectivity index (χ2n) is 5.87. The third-order valence-electron chi connectivity index (χ3n) is 3.02. The highest BCUT2D eigenvalue weighted by molar-refractivity contribution is 5.70. The van der Waals surface area contributed by atoms with Crippen LogP contribution < -0.4 is 0 Å². The van der Waals surface area contributed by atoms with Crippen molar-refractivity contribution in [2.24, 2.45) is 11.8 Å². The molecule has 2 unspecified atom stereocenters. The Morgan fingerprint density at radius 3 is 2.50 bits per heavy atom. The summed E-state index contributed by atoms with van der Waals surface area (Å²) in [5, 5.41) is 9.11. The van der Waals surface area contributed by atoms with Gasteiger partial charge in [0.15, 0.2) is 0 Å². The summed E-state index contributed by atoms with van der Waals surface area (Å²) < 4.78 is 5.31. The molecule has 2 atom stereocenters. The molecule has 1 fully saturated rings. The fraction of sp³-hybridized carbons (Fsp3) is 0.923. The van der Waals surface area contributed by atoms with Gasteiger partial charge in [-0.1, -0.05) is 6.42 Å². The minimum absolute atomic E-state index is 0.101. The number of rotatable bonds is 3. The lowest BCUT2D eigenvalue weighted by molar-refractivity contribution is -0.156. The van der Waals surface area contributed by atoms with Crippen molar-refractivity contribution < 1.29 is 14.6 Å². The van der Waals surface area contributed by atoms with Crippen LogP contribution in [0.5, 0.6) is 0 Å². The first kappa shape index (κ1) is 13.5. The van der Waals surface area contributed by atoms with Gasteiger partial charge in [0.05, 0.1) is 0 Å². The summed E-state index contributed by atoms with van der Waals surface area (Å²) >= 11 is 0. The molecule has 1 N–H and O–H groups in total. The van der Waals surface area contributed by atoms with Crippen LogP contribution in [0.4, 0.5) is 0 Å². The Morgan fingerprint density at radius 1 is 1.31 bits per heavy atom. The largest absolute Gasteiger partial charge is 0.460 e. The molecule has 0 bridgehead atoms. The second kappa shape index (κ2) is 5.67. The number of carbonyl (C=O) groups is 1. The highest BCUT2D eigenvalue weighted by Gasteiger charge is 2.25. The number of hydrogen-bond acceptors (Lipinski definition) is 3. The minimum Gasteiger partial charge on any atom is -0.460 e. The molecule has 94 valence electrons. The van der Waals surface area contributed by atoms with Crippen molar-refractivity contribution in [1.82, 2.24) is 0 Å². The van der Waals surface area contributed by atoms with E-state index in [1.807, 2.05) is 20.8 Å². The van der Waals surface area contributed by atoms with Crippen LogP contribution in [0.2, 0.25) is 0 Å². The zero-order valence-electron chi connectivity index (χ0n) is 10.7. The van der Waals surface area contributed by atoms with Crippen LogP contribution in [-0.2, 0) is 9.53 Å². The number of aliphatic hydroxyl groups is 1. The van der Waals surface area contributed by atoms with Crippen LogP contribution in [0.3, 0.4) is 0 Å². The van der Waals surface area contributed by atoms with E-state index in [0.29, 0.717) is 18.3 Å². The topological polar surface area (TPSA) is 46.5 Å². The summed E-state index contributed by atoms with van der Waals surface area (Å²) in [6.07, 6.45) is 4.79. The lowest BCUT2D eigenvalue weighted by atomic mass is 9.80. The Hall–Kier alpha value is -0.570. The molecular formula is C13H24O3. The minimum atomic E-state index is -0.387. The quantitative estimate of drug-likeness (QED) is 0.755. The summed E-state index contributed by atoms with van der Waals surface area (Å²) in [5.74, 6) is 0.693. The van der Waals surface area contributed by atoms with Gasteiger partial charge in [0.25, 0.3) is 0 Å². The Bertz CT molecular complexity index is 230. The fourth-order valence-corrected chi connectivity index (χ4v) is 2.37. The van der Waals surface area contributed by atoms with Crippen molar-refractivity contribution >= 4 is 5.97 Å². The average Bonchev–Trinajstić information content (AvgIpc) is 2.15. The van der Waals surface area contributed by atoms with Gasteiger partial charge in [-0.25, -0.2) is 0 Å². The van der Waals surface area contributed by atoms with E-state index in [4.69, 9.17) is 9.84 Å². The Morgan fingerprint density at radius 2 is 1.94 bits per heavy atom. The zero-order chi connectivity index (χ0) is 12.2. The van der Waals surface area contributed by atoms with Gasteiger partial charge in [0, 0.05) is 13.0 Å². The molecule has 16 heavy (non-hydrogen) atoms. The van der Waals surface area contributed by atoms with Crippen LogP contribution in [-0.4, -0.2) is 23.3 Å². The zero-order valence-corrected chi connectivity index (χ0v) is 10.7. The Kier molecular flexibility index (Phi) is 4.78. The first-order valence-corrected chi connectivity index (χ1v) is 6.23. The summed E-state index contributed by atoms with van der Waals surface area (Å²) in [6.45, 7) is 5.93. The van der Waals surface area contributed by atoms with Crippen molar-refractivity contribution in [1.29, 1.82) is 0 Å². The van der Waals surface area contributed by atoms with Gasteiger partial charge >= 0.3 is 5.97 Å². The predicted octanol–water partition coefficient (Wildman–Crippen LogP) is 2.52. The van der Waals surface area contributed by atoms with Crippen molar-refractivity contribution in [3.05, 3.63) is 0 Å². The highest BCUT2D eigenvalue weighted by atomic mass is 16.6. The maximum Gasteiger partial charge on any atom is 0.306 e. The van der Waals surface area contributed by atoms with Crippen LogP contribution in [0.25, 0.3) is 0 Å². The van der Waals surface area contributed by atoms with Gasteiger partial charge in [0.1, 0.15) is 5.60 Å². The third-order valence-corrected chi connectivity index (χ3v) is 3.02. The molecule has 1 aliphatic carbocycles. The Labute approximate surface area is 98.2 Å².